The van der Waals surface area contributed by atoms with Gasteiger partial charge >= 0.3 is 5.97 Å². The third kappa shape index (κ3) is 4.70. The summed E-state index contributed by atoms with van der Waals surface area (Å²) in [7, 11) is 0. The van der Waals surface area contributed by atoms with E-state index in [1.165, 1.54) is 24.4 Å². The number of benzene rings is 2. The summed E-state index contributed by atoms with van der Waals surface area (Å²) in [4.78, 5) is 14.9. The normalized spacial score (nSPS) is 11.1. The van der Waals surface area contributed by atoms with Crippen molar-refractivity contribution in [1.82, 2.24) is 10.1 Å². The van der Waals surface area contributed by atoms with Gasteiger partial charge in [0.15, 0.2) is 17.4 Å². The lowest BCUT2D eigenvalue weighted by Gasteiger charge is -2.07. The maximum absolute atomic E-state index is 13.8. The Morgan fingerprint density at radius 2 is 1.84 bits per heavy atom. The molecule has 160 valence electrons. The minimum Gasteiger partial charge on any atom is -0.478 e. The highest BCUT2D eigenvalue weighted by Crippen LogP contribution is 2.29. The summed E-state index contributed by atoms with van der Waals surface area (Å²) in [5, 5.41) is 13.0. The quantitative estimate of drug-likeness (QED) is 0.416. The van der Waals surface area contributed by atoms with Gasteiger partial charge in [0, 0.05) is 17.8 Å². The fourth-order valence-corrected chi connectivity index (χ4v) is 2.94. The third-order valence-corrected chi connectivity index (χ3v) is 4.59. The minimum atomic E-state index is -1.10. The number of aromatic carboxylic acids is 1. The van der Waals surface area contributed by atoms with Crippen LogP contribution >= 0.6 is 0 Å². The molecule has 0 unspecified atom stereocenters. The molecule has 2 aromatic heterocycles. The molecule has 4 rings (SSSR count). The maximum Gasteiger partial charge on any atom is 0.337 e. The Bertz CT molecular complexity index is 1270. The van der Waals surface area contributed by atoms with Gasteiger partial charge in [-0.05, 0) is 35.9 Å². The summed E-state index contributed by atoms with van der Waals surface area (Å²) in [6.07, 6.45) is 4.70. The van der Waals surface area contributed by atoms with Crippen LogP contribution in [0.1, 0.15) is 27.2 Å². The Kier molecular flexibility index (Phi) is 6.03. The van der Waals surface area contributed by atoms with Gasteiger partial charge in [-0.15, -0.1) is 0 Å². The van der Waals surface area contributed by atoms with Gasteiger partial charge < -0.3 is 14.4 Å². The molecule has 0 amide bonds. The number of nitrogens with zero attached hydrogens (tertiary/aromatic N) is 2. The molecule has 2 aromatic carbocycles. The molecule has 8 heteroatoms. The molecular formula is C24H16F2N2O4. The zero-order valence-electron chi connectivity index (χ0n) is 16.5. The summed E-state index contributed by atoms with van der Waals surface area (Å²) in [6, 6.07) is 15.7. The number of hydrogen-bond acceptors (Lipinski definition) is 5. The fraction of sp³-hybridized carbons (Fsp3) is 0.0417. The lowest BCUT2D eigenvalue weighted by atomic mass is 10.1. The first-order valence-corrected chi connectivity index (χ1v) is 9.50. The maximum atomic E-state index is 13.8. The van der Waals surface area contributed by atoms with Gasteiger partial charge in [-0.2, -0.15) is 0 Å². The highest BCUT2D eigenvalue weighted by atomic mass is 19.2. The fourth-order valence-electron chi connectivity index (χ4n) is 2.94. The van der Waals surface area contributed by atoms with Crippen molar-refractivity contribution in [2.24, 2.45) is 0 Å². The van der Waals surface area contributed by atoms with Crippen LogP contribution in [0.5, 0.6) is 5.88 Å². The second-order valence-corrected chi connectivity index (χ2v) is 6.73. The second-order valence-electron chi connectivity index (χ2n) is 6.73. The third-order valence-electron chi connectivity index (χ3n) is 4.59. The molecule has 2 heterocycles. The molecule has 0 fully saturated rings. The molecule has 0 saturated heterocycles. The SMILES string of the molecule is O=C(O)c1ccc(OCc2c(-c3ccc(F)c(F)c3)noc2/C=C/c2ccccc2)nc1. The van der Waals surface area contributed by atoms with Crippen molar-refractivity contribution in [2.45, 2.75) is 6.61 Å². The molecule has 0 radical (unpaired) electrons. The summed E-state index contributed by atoms with van der Waals surface area (Å²) < 4.78 is 38.3. The van der Waals surface area contributed by atoms with E-state index in [4.69, 9.17) is 14.4 Å². The molecule has 4 aromatic rings. The number of carbonyl (C=O) groups is 1. The Balaban J connectivity index is 1.66. The van der Waals surface area contributed by atoms with Gasteiger partial charge in [0.25, 0.3) is 0 Å². The first kappa shape index (κ1) is 20.9. The number of aromatic nitrogens is 2. The molecule has 0 saturated carbocycles. The Hall–Kier alpha value is -4.33. The van der Waals surface area contributed by atoms with Crippen molar-refractivity contribution < 1.29 is 27.9 Å². The highest BCUT2D eigenvalue weighted by Gasteiger charge is 2.18. The Morgan fingerprint density at radius 3 is 2.53 bits per heavy atom. The molecule has 0 aliphatic heterocycles. The Labute approximate surface area is 181 Å². The number of pyridine rings is 1. The van der Waals surface area contributed by atoms with Crippen LogP contribution in [0.15, 0.2) is 71.4 Å². The largest absolute Gasteiger partial charge is 0.478 e. The summed E-state index contributed by atoms with van der Waals surface area (Å²) in [5.41, 5.74) is 2.05. The van der Waals surface area contributed by atoms with Gasteiger partial charge in [0.1, 0.15) is 12.3 Å². The van der Waals surface area contributed by atoms with Crippen molar-refractivity contribution in [3.8, 4) is 17.1 Å². The van der Waals surface area contributed by atoms with E-state index >= 15 is 0 Å². The molecule has 0 bridgehead atoms. The summed E-state index contributed by atoms with van der Waals surface area (Å²) >= 11 is 0. The molecule has 0 aliphatic carbocycles. The molecular weight excluding hydrogens is 418 g/mol. The first-order valence-electron chi connectivity index (χ1n) is 9.50. The summed E-state index contributed by atoms with van der Waals surface area (Å²) in [5.74, 6) is -2.52. The molecule has 6 nitrogen and oxygen atoms in total. The number of hydrogen-bond donors (Lipinski definition) is 1. The average Bonchev–Trinajstić information content (AvgIpc) is 3.21. The molecule has 0 atom stereocenters. The van der Waals surface area contributed by atoms with Gasteiger partial charge in [0.05, 0.1) is 11.1 Å². The van der Waals surface area contributed by atoms with Crippen LogP contribution in [-0.4, -0.2) is 21.2 Å². The number of rotatable bonds is 7. The lowest BCUT2D eigenvalue weighted by Crippen LogP contribution is -2.02. The van der Waals surface area contributed by atoms with Crippen LogP contribution in [-0.2, 0) is 6.61 Å². The van der Waals surface area contributed by atoms with E-state index in [-0.39, 0.29) is 18.1 Å². The van der Waals surface area contributed by atoms with E-state index < -0.39 is 17.6 Å². The van der Waals surface area contributed by atoms with Crippen molar-refractivity contribution in [2.75, 3.05) is 0 Å². The van der Waals surface area contributed by atoms with Gasteiger partial charge in [-0.1, -0.05) is 41.6 Å². The topological polar surface area (TPSA) is 85.5 Å². The van der Waals surface area contributed by atoms with Gasteiger partial charge in [-0.3, -0.25) is 0 Å². The number of carboxylic acids is 1. The second kappa shape index (κ2) is 9.22. The number of ether oxygens (including phenoxy) is 1. The Morgan fingerprint density at radius 1 is 1.03 bits per heavy atom. The van der Waals surface area contributed by atoms with E-state index in [1.54, 1.807) is 6.08 Å². The van der Waals surface area contributed by atoms with Crippen molar-refractivity contribution in [3.63, 3.8) is 0 Å². The van der Waals surface area contributed by atoms with Gasteiger partial charge in [-0.25, -0.2) is 18.6 Å². The van der Waals surface area contributed by atoms with Gasteiger partial charge in [0.2, 0.25) is 5.88 Å². The van der Waals surface area contributed by atoms with Crippen LogP contribution in [0.25, 0.3) is 23.4 Å². The lowest BCUT2D eigenvalue weighted by molar-refractivity contribution is 0.0696. The van der Waals surface area contributed by atoms with E-state index in [2.05, 4.69) is 10.1 Å². The monoisotopic (exact) mass is 434 g/mol. The van der Waals surface area contributed by atoms with Crippen LogP contribution in [0.3, 0.4) is 0 Å². The molecule has 1 N–H and O–H groups in total. The predicted octanol–water partition coefficient (Wildman–Crippen LogP) is 5.46. The van der Waals surface area contributed by atoms with Crippen LogP contribution in [0.2, 0.25) is 0 Å². The number of halogens is 2. The summed E-state index contributed by atoms with van der Waals surface area (Å²) in [6.45, 7) is -0.0499. The highest BCUT2D eigenvalue weighted by molar-refractivity contribution is 5.87. The van der Waals surface area contributed by atoms with Crippen LogP contribution in [0.4, 0.5) is 8.78 Å². The van der Waals surface area contributed by atoms with Crippen molar-refractivity contribution in [1.29, 1.82) is 0 Å². The zero-order chi connectivity index (χ0) is 22.5. The smallest absolute Gasteiger partial charge is 0.337 e. The zero-order valence-corrected chi connectivity index (χ0v) is 16.5. The van der Waals surface area contributed by atoms with E-state index in [9.17, 15) is 13.6 Å². The predicted molar refractivity (Wildman–Crippen MR) is 113 cm³/mol. The molecule has 32 heavy (non-hydrogen) atoms. The number of carboxylic acid groups (broad SMARTS) is 1. The van der Waals surface area contributed by atoms with Crippen LogP contribution < -0.4 is 4.74 Å². The molecule has 0 spiro atoms. The van der Waals surface area contributed by atoms with E-state index in [0.717, 1.165) is 17.7 Å². The minimum absolute atomic E-state index is 0.0243. The molecule has 0 aliphatic rings. The van der Waals surface area contributed by atoms with Crippen molar-refractivity contribution >= 4 is 18.1 Å². The van der Waals surface area contributed by atoms with E-state index in [0.29, 0.717) is 22.6 Å². The standard InChI is InChI=1S/C24H16F2N2O4/c25-19-9-7-16(12-20(19)26)23-18(14-31-22-11-8-17(13-27-22)24(29)30)21(32-28-23)10-6-15-4-2-1-3-5-15/h1-13H,14H2,(H,29,30)/b10-6+. The van der Waals surface area contributed by atoms with Crippen LogP contribution in [0, 0.1) is 11.6 Å². The van der Waals surface area contributed by atoms with Crippen molar-refractivity contribution in [3.05, 3.63) is 101 Å². The van der Waals surface area contributed by atoms with E-state index in [1.807, 2.05) is 36.4 Å². The average molecular weight is 434 g/mol. The first-order chi connectivity index (χ1) is 15.5.